The minimum atomic E-state index is 0.0516. The number of hydrogen-bond acceptors (Lipinski definition) is 5. The molecule has 0 aliphatic rings. The van der Waals surface area contributed by atoms with Crippen molar-refractivity contribution in [2.45, 2.75) is 59.4 Å². The predicted octanol–water partition coefficient (Wildman–Crippen LogP) is 2.62. The SMILES string of the molecule is CCc1nc(NN)c(C)c(NC(C)(CC)CC)n1. The fourth-order valence-corrected chi connectivity index (χ4v) is 1.70. The number of aryl methyl sites for hydroxylation is 1. The van der Waals surface area contributed by atoms with Gasteiger partial charge in [0.2, 0.25) is 0 Å². The molecule has 1 aromatic heterocycles. The van der Waals surface area contributed by atoms with Crippen molar-refractivity contribution in [1.29, 1.82) is 0 Å². The van der Waals surface area contributed by atoms with Crippen molar-refractivity contribution in [2.24, 2.45) is 5.84 Å². The maximum atomic E-state index is 5.50. The summed E-state index contributed by atoms with van der Waals surface area (Å²) < 4.78 is 0. The van der Waals surface area contributed by atoms with Crippen LogP contribution in [0.4, 0.5) is 11.6 Å². The molecule has 0 unspecified atom stereocenters. The summed E-state index contributed by atoms with van der Waals surface area (Å²) in [6.45, 7) is 10.6. The van der Waals surface area contributed by atoms with E-state index in [1.54, 1.807) is 0 Å². The Hall–Kier alpha value is -1.36. The molecule has 18 heavy (non-hydrogen) atoms. The molecule has 102 valence electrons. The van der Waals surface area contributed by atoms with Gasteiger partial charge in [-0.25, -0.2) is 15.8 Å². The van der Waals surface area contributed by atoms with E-state index < -0.39 is 0 Å². The molecule has 0 saturated heterocycles. The Balaban J connectivity index is 3.15. The molecule has 1 rings (SSSR count). The minimum absolute atomic E-state index is 0.0516. The molecule has 0 aromatic carbocycles. The summed E-state index contributed by atoms with van der Waals surface area (Å²) in [5.74, 6) is 7.87. The lowest BCUT2D eigenvalue weighted by molar-refractivity contribution is 0.476. The first kappa shape index (κ1) is 14.7. The lowest BCUT2D eigenvalue weighted by Crippen LogP contribution is -2.34. The Labute approximate surface area is 110 Å². The van der Waals surface area contributed by atoms with Crippen LogP contribution in [0.1, 0.15) is 51.9 Å². The number of hydrazine groups is 1. The van der Waals surface area contributed by atoms with Gasteiger partial charge < -0.3 is 10.7 Å². The quantitative estimate of drug-likeness (QED) is 0.535. The summed E-state index contributed by atoms with van der Waals surface area (Å²) in [5.41, 5.74) is 3.65. The summed E-state index contributed by atoms with van der Waals surface area (Å²) in [6.07, 6.45) is 2.87. The molecule has 5 heteroatoms. The fraction of sp³-hybridized carbons (Fsp3) is 0.692. The average Bonchev–Trinajstić information content (AvgIpc) is 2.40. The lowest BCUT2D eigenvalue weighted by atomic mass is 9.95. The number of anilines is 2. The Kier molecular flexibility index (Phi) is 4.90. The zero-order chi connectivity index (χ0) is 13.8. The molecule has 0 spiro atoms. The van der Waals surface area contributed by atoms with Crippen LogP contribution in [0.15, 0.2) is 0 Å². The molecular weight excluding hydrogens is 226 g/mol. The summed E-state index contributed by atoms with van der Waals surface area (Å²) in [5, 5.41) is 3.53. The highest BCUT2D eigenvalue weighted by molar-refractivity contribution is 5.57. The molecular formula is C13H25N5. The highest BCUT2D eigenvalue weighted by Gasteiger charge is 2.21. The lowest BCUT2D eigenvalue weighted by Gasteiger charge is -2.30. The minimum Gasteiger partial charge on any atom is -0.365 e. The van der Waals surface area contributed by atoms with Crippen molar-refractivity contribution in [3.05, 3.63) is 11.4 Å². The Morgan fingerprint density at radius 2 is 1.67 bits per heavy atom. The van der Waals surface area contributed by atoms with Crippen LogP contribution in [0.3, 0.4) is 0 Å². The van der Waals surface area contributed by atoms with Crippen LogP contribution in [0.2, 0.25) is 0 Å². The molecule has 0 fully saturated rings. The second kappa shape index (κ2) is 6.00. The van der Waals surface area contributed by atoms with Crippen LogP contribution in [-0.2, 0) is 6.42 Å². The Bertz CT molecular complexity index is 399. The van der Waals surface area contributed by atoms with Crippen LogP contribution in [-0.4, -0.2) is 15.5 Å². The Morgan fingerprint density at radius 1 is 1.11 bits per heavy atom. The smallest absolute Gasteiger partial charge is 0.148 e. The molecule has 4 N–H and O–H groups in total. The third-order valence-electron chi connectivity index (χ3n) is 3.63. The molecule has 0 bridgehead atoms. The van der Waals surface area contributed by atoms with E-state index >= 15 is 0 Å². The molecule has 5 nitrogen and oxygen atoms in total. The third kappa shape index (κ3) is 3.10. The maximum absolute atomic E-state index is 5.50. The van der Waals surface area contributed by atoms with Gasteiger partial charge in [0, 0.05) is 17.5 Å². The third-order valence-corrected chi connectivity index (χ3v) is 3.63. The highest BCUT2D eigenvalue weighted by atomic mass is 15.3. The van der Waals surface area contributed by atoms with Crippen LogP contribution < -0.4 is 16.6 Å². The summed E-state index contributed by atoms with van der Waals surface area (Å²) >= 11 is 0. The first-order chi connectivity index (χ1) is 8.49. The van der Waals surface area contributed by atoms with E-state index in [0.29, 0.717) is 5.82 Å². The average molecular weight is 251 g/mol. The van der Waals surface area contributed by atoms with E-state index in [4.69, 9.17) is 5.84 Å². The number of nitrogens with two attached hydrogens (primary N) is 1. The van der Waals surface area contributed by atoms with Crippen molar-refractivity contribution >= 4 is 11.6 Å². The van der Waals surface area contributed by atoms with E-state index in [1.807, 2.05) is 13.8 Å². The zero-order valence-electron chi connectivity index (χ0n) is 12.1. The fourth-order valence-electron chi connectivity index (χ4n) is 1.70. The number of rotatable bonds is 6. The largest absolute Gasteiger partial charge is 0.365 e. The number of nitrogens with one attached hydrogen (secondary N) is 2. The predicted molar refractivity (Wildman–Crippen MR) is 76.6 cm³/mol. The van der Waals surface area contributed by atoms with Gasteiger partial charge in [0.1, 0.15) is 17.5 Å². The molecule has 0 saturated carbocycles. The van der Waals surface area contributed by atoms with E-state index in [0.717, 1.165) is 36.5 Å². The van der Waals surface area contributed by atoms with E-state index in [-0.39, 0.29) is 5.54 Å². The molecule has 1 heterocycles. The van der Waals surface area contributed by atoms with E-state index in [2.05, 4.69) is 41.5 Å². The topological polar surface area (TPSA) is 75.9 Å². The van der Waals surface area contributed by atoms with Crippen molar-refractivity contribution in [1.82, 2.24) is 9.97 Å². The summed E-state index contributed by atoms with van der Waals surface area (Å²) in [6, 6.07) is 0. The van der Waals surface area contributed by atoms with E-state index in [9.17, 15) is 0 Å². The van der Waals surface area contributed by atoms with Crippen molar-refractivity contribution in [3.8, 4) is 0 Å². The molecule has 0 radical (unpaired) electrons. The van der Waals surface area contributed by atoms with Gasteiger partial charge in [-0.2, -0.15) is 0 Å². The van der Waals surface area contributed by atoms with E-state index in [1.165, 1.54) is 0 Å². The Morgan fingerprint density at radius 3 is 2.11 bits per heavy atom. The molecule has 1 aromatic rings. The van der Waals surface area contributed by atoms with Crippen molar-refractivity contribution in [3.63, 3.8) is 0 Å². The first-order valence-corrected chi connectivity index (χ1v) is 6.62. The number of nitrogens with zero attached hydrogens (tertiary/aromatic N) is 2. The normalized spacial score (nSPS) is 11.4. The molecule has 0 atom stereocenters. The van der Waals surface area contributed by atoms with Gasteiger partial charge in [0.25, 0.3) is 0 Å². The monoisotopic (exact) mass is 251 g/mol. The van der Waals surface area contributed by atoms with Gasteiger partial charge in [0.05, 0.1) is 0 Å². The van der Waals surface area contributed by atoms with Crippen molar-refractivity contribution < 1.29 is 0 Å². The van der Waals surface area contributed by atoms with Gasteiger partial charge in [-0.1, -0.05) is 20.8 Å². The second-order valence-electron chi connectivity index (χ2n) is 4.85. The number of aromatic nitrogens is 2. The molecule has 0 amide bonds. The first-order valence-electron chi connectivity index (χ1n) is 6.62. The number of hydrogen-bond donors (Lipinski definition) is 3. The van der Waals surface area contributed by atoms with Crippen LogP contribution in [0, 0.1) is 6.92 Å². The molecule has 0 aliphatic heterocycles. The molecule has 0 aliphatic carbocycles. The van der Waals surface area contributed by atoms with Gasteiger partial charge >= 0.3 is 0 Å². The highest BCUT2D eigenvalue weighted by Crippen LogP contribution is 2.25. The van der Waals surface area contributed by atoms with Gasteiger partial charge in [-0.3, -0.25) is 0 Å². The van der Waals surface area contributed by atoms with Crippen molar-refractivity contribution in [2.75, 3.05) is 10.7 Å². The van der Waals surface area contributed by atoms with Gasteiger partial charge in [-0.15, -0.1) is 0 Å². The van der Waals surface area contributed by atoms with Crippen LogP contribution >= 0.6 is 0 Å². The summed E-state index contributed by atoms with van der Waals surface area (Å²) in [7, 11) is 0. The summed E-state index contributed by atoms with van der Waals surface area (Å²) in [4.78, 5) is 8.93. The van der Waals surface area contributed by atoms with Crippen LogP contribution in [0.25, 0.3) is 0 Å². The maximum Gasteiger partial charge on any atom is 0.148 e. The van der Waals surface area contributed by atoms with Crippen LogP contribution in [0.5, 0.6) is 0 Å². The van der Waals surface area contributed by atoms with Gasteiger partial charge in [0.15, 0.2) is 0 Å². The standard InChI is InChI=1S/C13H25N5/c1-6-10-15-11(9(4)12(16-10)18-14)17-13(5,7-2)8-3/h6-8,14H2,1-5H3,(H2,15,16,17,18). The zero-order valence-corrected chi connectivity index (χ0v) is 12.1. The van der Waals surface area contributed by atoms with Gasteiger partial charge in [-0.05, 0) is 26.7 Å². The number of nitrogen functional groups attached to an aromatic ring is 1. The second-order valence-corrected chi connectivity index (χ2v) is 4.85.